The van der Waals surface area contributed by atoms with Crippen LogP contribution in [0.1, 0.15) is 23.2 Å². The zero-order valence-electron chi connectivity index (χ0n) is 12.4. The van der Waals surface area contributed by atoms with E-state index in [1.165, 1.54) is 11.9 Å². The number of nitrogens with zero attached hydrogens (tertiary/aromatic N) is 2. The van der Waals surface area contributed by atoms with E-state index in [9.17, 15) is 19.2 Å². The number of hydrogen-bond acceptors (Lipinski definition) is 5. The molecule has 2 rings (SSSR count). The Kier molecular flexibility index (Phi) is 4.55. The van der Waals surface area contributed by atoms with Gasteiger partial charge in [-0.2, -0.15) is 0 Å². The third-order valence-corrected chi connectivity index (χ3v) is 3.74. The highest BCUT2D eigenvalue weighted by Crippen LogP contribution is 2.32. The van der Waals surface area contributed by atoms with Gasteiger partial charge in [-0.1, -0.05) is 6.07 Å². The monoisotopic (exact) mass is 303 g/mol. The van der Waals surface area contributed by atoms with Crippen LogP contribution < -0.4 is 15.1 Å². The lowest BCUT2D eigenvalue weighted by molar-refractivity contribution is -0.134. The molecule has 7 heteroatoms. The molecule has 0 radical (unpaired) electrons. The summed E-state index contributed by atoms with van der Waals surface area (Å²) in [6.07, 6.45) is 1.91. The van der Waals surface area contributed by atoms with Crippen molar-refractivity contribution in [1.29, 1.82) is 0 Å². The van der Waals surface area contributed by atoms with E-state index in [0.29, 0.717) is 36.1 Å². The van der Waals surface area contributed by atoms with E-state index in [4.69, 9.17) is 0 Å². The Hall–Kier alpha value is -2.70. The number of likely N-dealkylation sites (N-methyl/N-ethyl adjacent to an activating group) is 1. The molecule has 22 heavy (non-hydrogen) atoms. The van der Waals surface area contributed by atoms with Gasteiger partial charge in [0.05, 0.1) is 11.4 Å². The molecular weight excluding hydrogens is 286 g/mol. The maximum atomic E-state index is 12.0. The second kappa shape index (κ2) is 6.38. The van der Waals surface area contributed by atoms with Gasteiger partial charge in [0.2, 0.25) is 18.2 Å². The fourth-order valence-electron chi connectivity index (χ4n) is 2.58. The van der Waals surface area contributed by atoms with Crippen LogP contribution in [0.15, 0.2) is 18.2 Å². The molecule has 1 saturated heterocycles. The number of benzene rings is 1. The van der Waals surface area contributed by atoms with E-state index >= 15 is 0 Å². The SMILES string of the molecule is CN(C=O)c1c(C=O)cccc1N(C)C1CCC(=O)NC1=O. The smallest absolute Gasteiger partial charge is 0.249 e. The number of carbonyl (C=O) groups excluding carboxylic acids is 4. The third kappa shape index (κ3) is 2.83. The van der Waals surface area contributed by atoms with Gasteiger partial charge in [-0.3, -0.25) is 24.5 Å². The molecule has 0 aliphatic carbocycles. The van der Waals surface area contributed by atoms with Crippen molar-refractivity contribution in [1.82, 2.24) is 5.32 Å². The molecule has 1 N–H and O–H groups in total. The Balaban J connectivity index is 2.43. The van der Waals surface area contributed by atoms with Crippen LogP contribution in [0.3, 0.4) is 0 Å². The van der Waals surface area contributed by atoms with Crippen molar-refractivity contribution in [2.45, 2.75) is 18.9 Å². The first kappa shape index (κ1) is 15.7. The normalized spacial score (nSPS) is 17.6. The van der Waals surface area contributed by atoms with Gasteiger partial charge >= 0.3 is 0 Å². The highest BCUT2D eigenvalue weighted by atomic mass is 16.2. The van der Waals surface area contributed by atoms with Gasteiger partial charge in [0, 0.05) is 26.1 Å². The molecule has 0 aromatic heterocycles. The van der Waals surface area contributed by atoms with Gasteiger partial charge in [-0.15, -0.1) is 0 Å². The number of para-hydroxylation sites is 1. The van der Waals surface area contributed by atoms with Gasteiger partial charge < -0.3 is 9.80 Å². The Bertz CT molecular complexity index is 629. The lowest BCUT2D eigenvalue weighted by atomic mass is 10.0. The number of amides is 3. The number of piperidine rings is 1. The standard InChI is InChI=1S/C15H17N3O4/c1-17(9-20)14-10(8-19)4-3-5-11(14)18(2)12-6-7-13(21)16-15(12)22/h3-5,8-9,12H,6-7H2,1-2H3,(H,16,21,22). The molecule has 1 aromatic rings. The number of hydrogen-bond donors (Lipinski definition) is 1. The van der Waals surface area contributed by atoms with Crippen molar-refractivity contribution in [2.75, 3.05) is 23.9 Å². The molecule has 1 aliphatic heterocycles. The minimum absolute atomic E-state index is 0.257. The lowest BCUT2D eigenvalue weighted by Gasteiger charge is -2.33. The van der Waals surface area contributed by atoms with Gasteiger partial charge in [-0.25, -0.2) is 0 Å². The maximum Gasteiger partial charge on any atom is 0.249 e. The van der Waals surface area contributed by atoms with Crippen LogP contribution in [0.4, 0.5) is 11.4 Å². The molecule has 7 nitrogen and oxygen atoms in total. The van der Waals surface area contributed by atoms with E-state index in [-0.39, 0.29) is 18.2 Å². The molecule has 1 heterocycles. The molecule has 116 valence electrons. The van der Waals surface area contributed by atoms with E-state index in [1.807, 2.05) is 0 Å². The van der Waals surface area contributed by atoms with Crippen LogP contribution in [0.25, 0.3) is 0 Å². The maximum absolute atomic E-state index is 12.0. The molecular formula is C15H17N3O4. The molecule has 1 unspecified atom stereocenters. The number of rotatable bonds is 5. The summed E-state index contributed by atoms with van der Waals surface area (Å²) in [4.78, 5) is 48.5. The van der Waals surface area contributed by atoms with Crippen molar-refractivity contribution in [3.8, 4) is 0 Å². The third-order valence-electron chi connectivity index (χ3n) is 3.74. The van der Waals surface area contributed by atoms with Crippen molar-refractivity contribution >= 4 is 35.9 Å². The van der Waals surface area contributed by atoms with E-state index < -0.39 is 6.04 Å². The van der Waals surface area contributed by atoms with Gasteiger partial charge in [-0.05, 0) is 18.6 Å². The molecule has 1 aliphatic rings. The quantitative estimate of drug-likeness (QED) is 0.626. The Morgan fingerprint density at radius 1 is 1.23 bits per heavy atom. The largest absolute Gasteiger partial charge is 0.361 e. The molecule has 1 aromatic carbocycles. The van der Waals surface area contributed by atoms with Gasteiger partial charge in [0.25, 0.3) is 0 Å². The summed E-state index contributed by atoms with van der Waals surface area (Å²) in [5.74, 6) is -0.670. The second-order valence-corrected chi connectivity index (χ2v) is 5.13. The average molecular weight is 303 g/mol. The van der Waals surface area contributed by atoms with Crippen molar-refractivity contribution in [3.05, 3.63) is 23.8 Å². The predicted octanol–water partition coefficient (Wildman–Crippen LogP) is 0.333. The Morgan fingerprint density at radius 2 is 1.95 bits per heavy atom. The molecule has 3 amide bonds. The summed E-state index contributed by atoms with van der Waals surface area (Å²) < 4.78 is 0. The van der Waals surface area contributed by atoms with Crippen LogP contribution in [0.2, 0.25) is 0 Å². The van der Waals surface area contributed by atoms with Crippen LogP contribution in [0.5, 0.6) is 0 Å². The summed E-state index contributed by atoms with van der Waals surface area (Å²) >= 11 is 0. The Labute approximate surface area is 127 Å². The summed E-state index contributed by atoms with van der Waals surface area (Å²) in [7, 11) is 3.24. The van der Waals surface area contributed by atoms with Crippen LogP contribution in [-0.2, 0) is 14.4 Å². The summed E-state index contributed by atoms with van der Waals surface area (Å²) in [6.45, 7) is 0. The lowest BCUT2D eigenvalue weighted by Crippen LogP contribution is -2.51. The fourth-order valence-corrected chi connectivity index (χ4v) is 2.58. The first-order valence-corrected chi connectivity index (χ1v) is 6.82. The summed E-state index contributed by atoms with van der Waals surface area (Å²) in [6, 6.07) is 4.48. The number of anilines is 2. The fraction of sp³-hybridized carbons (Fsp3) is 0.333. The zero-order chi connectivity index (χ0) is 16.3. The van der Waals surface area contributed by atoms with E-state index in [0.717, 1.165) is 0 Å². The van der Waals surface area contributed by atoms with Crippen molar-refractivity contribution < 1.29 is 19.2 Å². The van der Waals surface area contributed by atoms with E-state index in [2.05, 4.69) is 5.32 Å². The van der Waals surface area contributed by atoms with E-state index in [1.54, 1.807) is 30.1 Å². The highest BCUT2D eigenvalue weighted by Gasteiger charge is 2.31. The number of imide groups is 1. The summed E-state index contributed by atoms with van der Waals surface area (Å²) in [5, 5.41) is 2.30. The zero-order valence-corrected chi connectivity index (χ0v) is 12.4. The number of aldehydes is 1. The summed E-state index contributed by atoms with van der Waals surface area (Å²) in [5.41, 5.74) is 1.36. The van der Waals surface area contributed by atoms with Gasteiger partial charge in [0.1, 0.15) is 6.04 Å². The first-order valence-electron chi connectivity index (χ1n) is 6.82. The number of nitrogens with one attached hydrogen (secondary N) is 1. The Morgan fingerprint density at radius 3 is 2.55 bits per heavy atom. The highest BCUT2D eigenvalue weighted by molar-refractivity contribution is 6.03. The van der Waals surface area contributed by atoms with Crippen molar-refractivity contribution in [2.24, 2.45) is 0 Å². The predicted molar refractivity (Wildman–Crippen MR) is 80.9 cm³/mol. The first-order chi connectivity index (χ1) is 10.5. The molecule has 0 saturated carbocycles. The average Bonchev–Trinajstić information content (AvgIpc) is 2.52. The van der Waals surface area contributed by atoms with Crippen molar-refractivity contribution in [3.63, 3.8) is 0 Å². The second-order valence-electron chi connectivity index (χ2n) is 5.13. The minimum Gasteiger partial charge on any atom is -0.361 e. The van der Waals surface area contributed by atoms with Gasteiger partial charge in [0.15, 0.2) is 6.29 Å². The molecule has 1 fully saturated rings. The van der Waals surface area contributed by atoms with Crippen LogP contribution >= 0.6 is 0 Å². The molecule has 0 bridgehead atoms. The van der Waals surface area contributed by atoms with Crippen LogP contribution in [-0.4, -0.2) is 44.6 Å². The van der Waals surface area contributed by atoms with Crippen LogP contribution in [0, 0.1) is 0 Å². The number of carbonyl (C=O) groups is 4. The molecule has 1 atom stereocenters. The topological polar surface area (TPSA) is 86.8 Å². The minimum atomic E-state index is -0.529. The molecule has 0 spiro atoms.